The molecule has 1 saturated heterocycles. The lowest BCUT2D eigenvalue weighted by molar-refractivity contribution is 0.229. The third-order valence-electron chi connectivity index (χ3n) is 3.92. The zero-order valence-electron chi connectivity index (χ0n) is 11.9. The number of aromatic nitrogens is 2. The number of hydrogen-bond donors (Lipinski definition) is 1. The lowest BCUT2D eigenvalue weighted by atomic mass is 10.1. The summed E-state index contributed by atoms with van der Waals surface area (Å²) in [6.07, 6.45) is 7.61. The number of nitrogens with zero attached hydrogens (tertiary/aromatic N) is 3. The molecule has 1 aromatic carbocycles. The SMILES string of the molecule is c1cnc2cc(CNCCN3CCCCC3)ccc2n1. The van der Waals surface area contributed by atoms with Crippen LogP contribution >= 0.6 is 0 Å². The maximum Gasteiger partial charge on any atom is 0.0890 e. The predicted molar refractivity (Wildman–Crippen MR) is 81.5 cm³/mol. The van der Waals surface area contributed by atoms with Gasteiger partial charge in [-0.05, 0) is 43.6 Å². The topological polar surface area (TPSA) is 41.1 Å². The molecule has 1 aromatic heterocycles. The van der Waals surface area contributed by atoms with Gasteiger partial charge in [0.25, 0.3) is 0 Å². The number of hydrogen-bond acceptors (Lipinski definition) is 4. The number of benzene rings is 1. The van der Waals surface area contributed by atoms with E-state index in [1.807, 2.05) is 6.07 Å². The molecule has 1 aliphatic heterocycles. The van der Waals surface area contributed by atoms with Crippen LogP contribution in [0.1, 0.15) is 24.8 Å². The molecule has 0 aliphatic carbocycles. The summed E-state index contributed by atoms with van der Waals surface area (Å²) in [6, 6.07) is 6.30. The van der Waals surface area contributed by atoms with Crippen molar-refractivity contribution >= 4 is 11.0 Å². The molecule has 0 radical (unpaired) electrons. The van der Waals surface area contributed by atoms with Crippen molar-refractivity contribution in [2.75, 3.05) is 26.2 Å². The minimum Gasteiger partial charge on any atom is -0.311 e. The molecule has 20 heavy (non-hydrogen) atoms. The predicted octanol–water partition coefficient (Wildman–Crippen LogP) is 2.21. The highest BCUT2D eigenvalue weighted by Gasteiger charge is 2.08. The molecule has 4 nitrogen and oxygen atoms in total. The van der Waals surface area contributed by atoms with Gasteiger partial charge in [0.15, 0.2) is 0 Å². The highest BCUT2D eigenvalue weighted by Crippen LogP contribution is 2.11. The van der Waals surface area contributed by atoms with Gasteiger partial charge in [-0.15, -0.1) is 0 Å². The van der Waals surface area contributed by atoms with E-state index >= 15 is 0 Å². The van der Waals surface area contributed by atoms with Gasteiger partial charge in [-0.1, -0.05) is 12.5 Å². The van der Waals surface area contributed by atoms with E-state index in [0.717, 1.165) is 30.7 Å². The van der Waals surface area contributed by atoms with Gasteiger partial charge in [0, 0.05) is 32.0 Å². The number of piperidine rings is 1. The van der Waals surface area contributed by atoms with Crippen molar-refractivity contribution in [3.05, 3.63) is 36.2 Å². The second-order valence-electron chi connectivity index (χ2n) is 5.46. The van der Waals surface area contributed by atoms with Gasteiger partial charge in [-0.2, -0.15) is 0 Å². The van der Waals surface area contributed by atoms with E-state index in [9.17, 15) is 0 Å². The van der Waals surface area contributed by atoms with Gasteiger partial charge >= 0.3 is 0 Å². The van der Waals surface area contributed by atoms with Gasteiger partial charge in [-0.25, -0.2) is 0 Å². The van der Waals surface area contributed by atoms with Gasteiger partial charge in [0.1, 0.15) is 0 Å². The van der Waals surface area contributed by atoms with Crippen molar-refractivity contribution in [2.24, 2.45) is 0 Å². The molecule has 1 fully saturated rings. The Morgan fingerprint density at radius 3 is 2.65 bits per heavy atom. The van der Waals surface area contributed by atoms with Crippen LogP contribution in [-0.4, -0.2) is 41.0 Å². The summed E-state index contributed by atoms with van der Waals surface area (Å²) < 4.78 is 0. The number of fused-ring (bicyclic) bond motifs is 1. The first kappa shape index (κ1) is 13.5. The highest BCUT2D eigenvalue weighted by atomic mass is 15.1. The van der Waals surface area contributed by atoms with Crippen molar-refractivity contribution in [2.45, 2.75) is 25.8 Å². The molecule has 106 valence electrons. The van der Waals surface area contributed by atoms with Crippen molar-refractivity contribution in [1.29, 1.82) is 0 Å². The summed E-state index contributed by atoms with van der Waals surface area (Å²) in [5, 5.41) is 3.52. The fraction of sp³-hybridized carbons (Fsp3) is 0.500. The maximum atomic E-state index is 4.35. The molecule has 0 spiro atoms. The average Bonchev–Trinajstić information content (AvgIpc) is 2.52. The van der Waals surface area contributed by atoms with E-state index in [1.54, 1.807) is 12.4 Å². The van der Waals surface area contributed by atoms with E-state index in [-0.39, 0.29) is 0 Å². The molecule has 2 heterocycles. The molecular formula is C16H22N4. The Kier molecular flexibility index (Phi) is 4.56. The Balaban J connectivity index is 1.47. The van der Waals surface area contributed by atoms with E-state index in [4.69, 9.17) is 0 Å². The van der Waals surface area contributed by atoms with Crippen LogP contribution in [0.15, 0.2) is 30.6 Å². The highest BCUT2D eigenvalue weighted by molar-refractivity contribution is 5.74. The monoisotopic (exact) mass is 270 g/mol. The normalized spacial score (nSPS) is 16.6. The van der Waals surface area contributed by atoms with E-state index in [0.29, 0.717) is 0 Å². The molecule has 1 N–H and O–H groups in total. The molecule has 2 aromatic rings. The minimum absolute atomic E-state index is 0.903. The number of rotatable bonds is 5. The van der Waals surface area contributed by atoms with Gasteiger partial charge in [-0.3, -0.25) is 9.97 Å². The first-order valence-corrected chi connectivity index (χ1v) is 7.54. The summed E-state index contributed by atoms with van der Waals surface area (Å²) in [5.41, 5.74) is 3.21. The molecular weight excluding hydrogens is 248 g/mol. The Morgan fingerprint density at radius 2 is 1.80 bits per heavy atom. The lowest BCUT2D eigenvalue weighted by Crippen LogP contribution is -2.35. The smallest absolute Gasteiger partial charge is 0.0890 e. The fourth-order valence-electron chi connectivity index (χ4n) is 2.77. The van der Waals surface area contributed by atoms with Crippen LogP contribution in [0.2, 0.25) is 0 Å². The summed E-state index contributed by atoms with van der Waals surface area (Å²) >= 11 is 0. The van der Waals surface area contributed by atoms with Crippen molar-refractivity contribution in [1.82, 2.24) is 20.2 Å². The standard InChI is InChI=1S/C16H22N4/c1-2-9-20(10-3-1)11-8-17-13-14-4-5-15-16(12-14)19-7-6-18-15/h4-7,12,17H,1-3,8-11,13H2. The molecule has 0 bridgehead atoms. The summed E-state index contributed by atoms with van der Waals surface area (Å²) in [4.78, 5) is 11.2. The first-order valence-electron chi connectivity index (χ1n) is 7.54. The molecule has 1 aliphatic rings. The van der Waals surface area contributed by atoms with Crippen LogP contribution in [0, 0.1) is 0 Å². The van der Waals surface area contributed by atoms with Crippen LogP contribution < -0.4 is 5.32 Å². The first-order chi connectivity index (χ1) is 9.92. The van der Waals surface area contributed by atoms with Crippen molar-refractivity contribution in [3.63, 3.8) is 0 Å². The zero-order chi connectivity index (χ0) is 13.6. The van der Waals surface area contributed by atoms with E-state index in [2.05, 4.69) is 32.3 Å². The Morgan fingerprint density at radius 1 is 1.00 bits per heavy atom. The molecule has 4 heteroatoms. The largest absolute Gasteiger partial charge is 0.311 e. The fourth-order valence-corrected chi connectivity index (χ4v) is 2.77. The summed E-state index contributed by atoms with van der Waals surface area (Å²) in [7, 11) is 0. The van der Waals surface area contributed by atoms with Crippen LogP contribution in [0.3, 0.4) is 0 Å². The average molecular weight is 270 g/mol. The molecule has 0 amide bonds. The number of likely N-dealkylation sites (tertiary alicyclic amines) is 1. The lowest BCUT2D eigenvalue weighted by Gasteiger charge is -2.26. The molecule has 0 atom stereocenters. The molecule has 3 rings (SSSR count). The second kappa shape index (κ2) is 6.77. The molecule has 0 saturated carbocycles. The van der Waals surface area contributed by atoms with Crippen LogP contribution in [0.4, 0.5) is 0 Å². The van der Waals surface area contributed by atoms with E-state index < -0.39 is 0 Å². The zero-order valence-corrected chi connectivity index (χ0v) is 11.9. The van der Waals surface area contributed by atoms with Crippen LogP contribution in [0.25, 0.3) is 11.0 Å². The van der Waals surface area contributed by atoms with Gasteiger partial charge in [0.2, 0.25) is 0 Å². The maximum absolute atomic E-state index is 4.35. The third-order valence-corrected chi connectivity index (χ3v) is 3.92. The number of nitrogens with one attached hydrogen (secondary N) is 1. The summed E-state index contributed by atoms with van der Waals surface area (Å²) in [6.45, 7) is 5.66. The Bertz CT molecular complexity index is 549. The quantitative estimate of drug-likeness (QED) is 0.846. The van der Waals surface area contributed by atoms with Gasteiger partial charge in [0.05, 0.1) is 11.0 Å². The van der Waals surface area contributed by atoms with Crippen molar-refractivity contribution in [3.8, 4) is 0 Å². The Hall–Kier alpha value is -1.52. The second-order valence-corrected chi connectivity index (χ2v) is 5.46. The van der Waals surface area contributed by atoms with E-state index in [1.165, 1.54) is 37.9 Å². The van der Waals surface area contributed by atoms with Crippen molar-refractivity contribution < 1.29 is 0 Å². The van der Waals surface area contributed by atoms with Gasteiger partial charge < -0.3 is 10.2 Å². The summed E-state index contributed by atoms with van der Waals surface area (Å²) in [5.74, 6) is 0. The molecule has 0 unspecified atom stereocenters. The minimum atomic E-state index is 0.903. The van der Waals surface area contributed by atoms with Crippen LogP contribution in [-0.2, 0) is 6.54 Å². The third kappa shape index (κ3) is 3.52. The van der Waals surface area contributed by atoms with Crippen LogP contribution in [0.5, 0.6) is 0 Å². The Labute approximate surface area is 120 Å².